The molecule has 0 spiro atoms. The van der Waals surface area contributed by atoms with Gasteiger partial charge < -0.3 is 10.1 Å². The first-order chi connectivity index (χ1) is 11.3. The van der Waals surface area contributed by atoms with E-state index in [1.54, 1.807) is 0 Å². The Hall–Kier alpha value is -2.30. The summed E-state index contributed by atoms with van der Waals surface area (Å²) in [6.45, 7) is 2.22. The van der Waals surface area contributed by atoms with E-state index in [2.05, 4.69) is 58.2 Å². The zero-order valence-corrected chi connectivity index (χ0v) is 13.4. The van der Waals surface area contributed by atoms with E-state index in [-0.39, 0.29) is 6.04 Å². The minimum absolute atomic E-state index is 0.245. The van der Waals surface area contributed by atoms with E-state index in [0.717, 1.165) is 19.0 Å². The smallest absolute Gasteiger partial charge is 0.202 e. The van der Waals surface area contributed by atoms with Crippen LogP contribution in [0.2, 0.25) is 0 Å². The van der Waals surface area contributed by atoms with Gasteiger partial charge in [0.05, 0.1) is 12.6 Å². The van der Waals surface area contributed by atoms with Crippen LogP contribution in [0.25, 0.3) is 0 Å². The summed E-state index contributed by atoms with van der Waals surface area (Å²) in [4.78, 5) is 0. The Kier molecular flexibility index (Phi) is 5.29. The van der Waals surface area contributed by atoms with Crippen LogP contribution in [-0.2, 0) is 17.9 Å². The first-order valence-electron chi connectivity index (χ1n) is 7.96. The molecule has 1 unspecified atom stereocenters. The lowest BCUT2D eigenvalue weighted by Crippen LogP contribution is -2.41. The molecule has 120 valence electrons. The first kappa shape index (κ1) is 15.6. The number of hydrazine groups is 1. The molecule has 23 heavy (non-hydrogen) atoms. The second-order valence-electron chi connectivity index (χ2n) is 5.64. The van der Waals surface area contributed by atoms with Crippen molar-refractivity contribution in [2.24, 2.45) is 0 Å². The lowest BCUT2D eigenvalue weighted by molar-refractivity contribution is 0.0793. The molecule has 1 aliphatic rings. The minimum atomic E-state index is 0.245. The number of nitrogens with one attached hydrogen (secondary N) is 2. The molecule has 0 amide bonds. The molecule has 0 aromatic heterocycles. The van der Waals surface area contributed by atoms with Crippen LogP contribution < -0.4 is 10.7 Å². The lowest BCUT2D eigenvalue weighted by Gasteiger charge is -2.24. The van der Waals surface area contributed by atoms with E-state index in [0.29, 0.717) is 6.61 Å². The monoisotopic (exact) mass is 309 g/mol. The third kappa shape index (κ3) is 4.34. The largest absolute Gasteiger partial charge is 0.473 e. The van der Waals surface area contributed by atoms with Gasteiger partial charge in [-0.25, -0.2) is 5.43 Å². The van der Waals surface area contributed by atoms with Gasteiger partial charge in [0.2, 0.25) is 5.88 Å². The summed E-state index contributed by atoms with van der Waals surface area (Å²) in [6.07, 6.45) is 2.14. The van der Waals surface area contributed by atoms with Crippen LogP contribution >= 0.6 is 0 Å². The fourth-order valence-electron chi connectivity index (χ4n) is 2.63. The molecular weight excluding hydrogens is 286 g/mol. The van der Waals surface area contributed by atoms with Gasteiger partial charge in [0.15, 0.2) is 0 Å². The van der Waals surface area contributed by atoms with Crippen molar-refractivity contribution >= 4 is 0 Å². The van der Waals surface area contributed by atoms with Crippen LogP contribution in [0.1, 0.15) is 11.1 Å². The van der Waals surface area contributed by atoms with Crippen LogP contribution in [0.15, 0.2) is 72.6 Å². The molecule has 0 fully saturated rings. The summed E-state index contributed by atoms with van der Waals surface area (Å²) in [5.41, 5.74) is 5.90. The number of hydrogen-bond acceptors (Lipinski definition) is 4. The molecule has 0 bridgehead atoms. The molecule has 0 radical (unpaired) electrons. The summed E-state index contributed by atoms with van der Waals surface area (Å²) in [5.74, 6) is 0.887. The molecule has 2 aromatic carbocycles. The maximum absolute atomic E-state index is 6.05. The Morgan fingerprint density at radius 2 is 1.65 bits per heavy atom. The number of nitrogens with zero attached hydrogens (tertiary/aromatic N) is 1. The topological polar surface area (TPSA) is 36.5 Å². The third-order valence-corrected chi connectivity index (χ3v) is 3.77. The second-order valence-corrected chi connectivity index (χ2v) is 5.64. The van der Waals surface area contributed by atoms with E-state index in [1.807, 2.05) is 31.3 Å². The molecule has 1 aliphatic heterocycles. The molecule has 4 nitrogen and oxygen atoms in total. The summed E-state index contributed by atoms with van der Waals surface area (Å²) < 4.78 is 6.05. The average molecular weight is 309 g/mol. The highest BCUT2D eigenvalue weighted by Crippen LogP contribution is 2.18. The number of rotatable bonds is 7. The number of hydrogen-bond donors (Lipinski definition) is 2. The summed E-state index contributed by atoms with van der Waals surface area (Å²) in [7, 11) is 1.96. The molecule has 2 aromatic rings. The standard InChI is InChI=1S/C19H23N3O/c1-20-13-18-12-19(23-15-17-10-6-3-7-11-17)22(21-18)14-16-8-4-2-5-9-16/h2-12,18,20-21H,13-15H2,1H3. The SMILES string of the molecule is CNCC1C=C(OCc2ccccc2)N(Cc2ccccc2)N1. The normalized spacial score (nSPS) is 17.2. The van der Waals surface area contributed by atoms with Crippen molar-refractivity contribution in [3.63, 3.8) is 0 Å². The Morgan fingerprint density at radius 1 is 1.00 bits per heavy atom. The van der Waals surface area contributed by atoms with Crippen LogP contribution in [-0.4, -0.2) is 24.6 Å². The predicted molar refractivity (Wildman–Crippen MR) is 92.1 cm³/mol. The highest BCUT2D eigenvalue weighted by Gasteiger charge is 2.23. The van der Waals surface area contributed by atoms with Gasteiger partial charge in [-0.3, -0.25) is 5.01 Å². The van der Waals surface area contributed by atoms with Gasteiger partial charge >= 0.3 is 0 Å². The molecule has 0 saturated carbocycles. The molecule has 4 heteroatoms. The van der Waals surface area contributed by atoms with Crippen molar-refractivity contribution < 1.29 is 4.74 Å². The Labute approximate surface area is 137 Å². The quantitative estimate of drug-likeness (QED) is 0.824. The summed E-state index contributed by atoms with van der Waals surface area (Å²) in [6, 6.07) is 20.9. The summed E-state index contributed by atoms with van der Waals surface area (Å²) >= 11 is 0. The van der Waals surface area contributed by atoms with Crippen LogP contribution in [0.3, 0.4) is 0 Å². The van der Waals surface area contributed by atoms with Gasteiger partial charge in [0, 0.05) is 6.54 Å². The van der Waals surface area contributed by atoms with Crippen molar-refractivity contribution in [2.75, 3.05) is 13.6 Å². The minimum Gasteiger partial charge on any atom is -0.473 e. The van der Waals surface area contributed by atoms with E-state index < -0.39 is 0 Å². The van der Waals surface area contributed by atoms with Crippen molar-refractivity contribution in [3.8, 4) is 0 Å². The molecule has 0 aliphatic carbocycles. The highest BCUT2D eigenvalue weighted by atomic mass is 16.5. The lowest BCUT2D eigenvalue weighted by atomic mass is 10.2. The average Bonchev–Trinajstić information content (AvgIpc) is 2.97. The van der Waals surface area contributed by atoms with Gasteiger partial charge in [0.25, 0.3) is 0 Å². The van der Waals surface area contributed by atoms with Gasteiger partial charge in [-0.2, -0.15) is 0 Å². The number of likely N-dealkylation sites (N-methyl/N-ethyl adjacent to an activating group) is 1. The van der Waals surface area contributed by atoms with E-state index in [1.165, 1.54) is 11.1 Å². The fraction of sp³-hybridized carbons (Fsp3) is 0.263. The van der Waals surface area contributed by atoms with Crippen LogP contribution in [0, 0.1) is 0 Å². The van der Waals surface area contributed by atoms with Crippen molar-refractivity contribution in [2.45, 2.75) is 19.2 Å². The van der Waals surface area contributed by atoms with Crippen molar-refractivity contribution in [1.29, 1.82) is 0 Å². The Morgan fingerprint density at radius 3 is 2.30 bits per heavy atom. The zero-order chi connectivity index (χ0) is 15.9. The number of ether oxygens (including phenoxy) is 1. The molecule has 1 heterocycles. The highest BCUT2D eigenvalue weighted by molar-refractivity contribution is 5.18. The van der Waals surface area contributed by atoms with Gasteiger partial charge in [-0.1, -0.05) is 60.7 Å². The first-order valence-corrected chi connectivity index (χ1v) is 7.96. The fourth-order valence-corrected chi connectivity index (χ4v) is 2.63. The Balaban J connectivity index is 1.66. The second kappa shape index (κ2) is 7.81. The Bertz CT molecular complexity index is 628. The summed E-state index contributed by atoms with van der Waals surface area (Å²) in [5, 5.41) is 5.28. The van der Waals surface area contributed by atoms with E-state index in [9.17, 15) is 0 Å². The molecular formula is C19H23N3O. The van der Waals surface area contributed by atoms with Gasteiger partial charge in [-0.15, -0.1) is 0 Å². The van der Waals surface area contributed by atoms with Gasteiger partial charge in [-0.05, 0) is 24.3 Å². The molecule has 1 atom stereocenters. The van der Waals surface area contributed by atoms with Crippen molar-refractivity contribution in [3.05, 3.63) is 83.7 Å². The maximum Gasteiger partial charge on any atom is 0.202 e. The maximum atomic E-state index is 6.05. The van der Waals surface area contributed by atoms with E-state index >= 15 is 0 Å². The molecule has 0 saturated heterocycles. The predicted octanol–water partition coefficient (Wildman–Crippen LogP) is 2.65. The van der Waals surface area contributed by atoms with Gasteiger partial charge in [0.1, 0.15) is 6.61 Å². The number of benzene rings is 2. The molecule has 3 rings (SSSR count). The van der Waals surface area contributed by atoms with Crippen molar-refractivity contribution in [1.82, 2.24) is 15.8 Å². The van der Waals surface area contributed by atoms with Crippen LogP contribution in [0.4, 0.5) is 0 Å². The zero-order valence-electron chi connectivity index (χ0n) is 13.4. The van der Waals surface area contributed by atoms with Crippen LogP contribution in [0.5, 0.6) is 0 Å². The molecule has 2 N–H and O–H groups in total. The van der Waals surface area contributed by atoms with E-state index in [4.69, 9.17) is 4.74 Å². The third-order valence-electron chi connectivity index (χ3n) is 3.77.